The smallest absolute Gasteiger partial charge is 0.230 e. The fourth-order valence-corrected chi connectivity index (χ4v) is 5.12. The molecule has 2 aromatic rings. The van der Waals surface area contributed by atoms with Gasteiger partial charge in [0.25, 0.3) is 0 Å². The van der Waals surface area contributed by atoms with E-state index in [4.69, 9.17) is 27.0 Å². The Labute approximate surface area is 194 Å². The molecule has 0 unspecified atom stereocenters. The van der Waals surface area contributed by atoms with Crippen LogP contribution in [0.5, 0.6) is 5.75 Å². The van der Waals surface area contributed by atoms with E-state index in [0.717, 1.165) is 28.7 Å². The molecule has 1 aromatic carbocycles. The molecule has 0 bridgehead atoms. The number of aryl methyl sites for hydroxylation is 1. The topological polar surface area (TPSA) is 198 Å². The van der Waals surface area contributed by atoms with Crippen LogP contribution in [0.4, 0.5) is 5.13 Å². The lowest BCUT2D eigenvalue weighted by Gasteiger charge is -2.06. The third-order valence-corrected chi connectivity index (χ3v) is 7.11. The molecule has 0 atom stereocenters. The van der Waals surface area contributed by atoms with Gasteiger partial charge in [-0.3, -0.25) is 15.6 Å². The third-order valence-electron chi connectivity index (χ3n) is 3.89. The van der Waals surface area contributed by atoms with Gasteiger partial charge in [0.15, 0.2) is 15.0 Å². The number of thioether (sulfide) groups is 1. The summed E-state index contributed by atoms with van der Waals surface area (Å²) >= 11 is 1.85. The van der Waals surface area contributed by atoms with Crippen LogP contribution >= 0.6 is 23.1 Å². The lowest BCUT2D eigenvalue weighted by atomic mass is 10.1. The number of amidine groups is 1. The van der Waals surface area contributed by atoms with E-state index in [9.17, 15) is 13.2 Å². The molecule has 1 amide bonds. The number of benzene rings is 1. The molecule has 0 radical (unpaired) electrons. The number of amides is 1. The first-order chi connectivity index (χ1) is 15.2. The molecule has 7 N–H and O–H groups in total. The van der Waals surface area contributed by atoms with E-state index in [1.165, 1.54) is 0 Å². The largest absolute Gasteiger partial charge is 0.492 e. The lowest BCUT2D eigenvalue weighted by Crippen LogP contribution is -2.16. The number of nitrogens with one attached hydrogen (secondary N) is 3. The number of nitrogens with two attached hydrogens (primary N) is 2. The maximum atomic E-state index is 12.2. The van der Waals surface area contributed by atoms with Crippen molar-refractivity contribution in [2.45, 2.75) is 19.3 Å². The quantitative estimate of drug-likeness (QED) is 0.209. The average molecular weight is 500 g/mol. The van der Waals surface area contributed by atoms with Crippen LogP contribution in [0.25, 0.3) is 0 Å². The van der Waals surface area contributed by atoms with Crippen molar-refractivity contribution in [1.29, 1.82) is 10.8 Å². The second-order valence-electron chi connectivity index (χ2n) is 6.55. The molecule has 0 fully saturated rings. The first kappa shape index (κ1) is 25.7. The molecular formula is C18H25N7O4S3. The van der Waals surface area contributed by atoms with Crippen molar-refractivity contribution in [2.24, 2.45) is 11.5 Å². The predicted molar refractivity (Wildman–Crippen MR) is 127 cm³/mol. The number of hydrogen-bond acceptors (Lipinski definition) is 11. The average Bonchev–Trinajstić information content (AvgIpc) is 3.17. The summed E-state index contributed by atoms with van der Waals surface area (Å²) in [5, 5.41) is 25.7. The lowest BCUT2D eigenvalue weighted by molar-refractivity contribution is -0.115. The van der Waals surface area contributed by atoms with Crippen LogP contribution in [0.2, 0.25) is 0 Å². The maximum absolute atomic E-state index is 12.2. The molecule has 32 heavy (non-hydrogen) atoms. The monoisotopic (exact) mass is 499 g/mol. The van der Waals surface area contributed by atoms with E-state index < -0.39 is 9.84 Å². The van der Waals surface area contributed by atoms with Crippen LogP contribution < -0.4 is 21.5 Å². The summed E-state index contributed by atoms with van der Waals surface area (Å²) in [5.74, 6) is 0.0618. The second kappa shape index (κ2) is 12.5. The van der Waals surface area contributed by atoms with Gasteiger partial charge in [0, 0.05) is 19.4 Å². The summed E-state index contributed by atoms with van der Waals surface area (Å²) in [6.07, 6.45) is 0.308. The Kier molecular flexibility index (Phi) is 10.0. The number of hydrogen-bond donors (Lipinski definition) is 5. The van der Waals surface area contributed by atoms with Crippen LogP contribution in [0.3, 0.4) is 0 Å². The molecule has 0 aliphatic carbocycles. The van der Waals surface area contributed by atoms with Crippen molar-refractivity contribution >= 4 is 54.2 Å². The van der Waals surface area contributed by atoms with E-state index in [-0.39, 0.29) is 46.9 Å². The molecule has 174 valence electrons. The molecule has 11 nitrogen and oxygen atoms in total. The number of carbonyl (C=O) groups is 1. The fourth-order valence-electron chi connectivity index (χ4n) is 2.41. The Balaban J connectivity index is 1.79. The van der Waals surface area contributed by atoms with Crippen LogP contribution in [0.15, 0.2) is 24.3 Å². The van der Waals surface area contributed by atoms with Gasteiger partial charge in [0.1, 0.15) is 17.4 Å². The Morgan fingerprint density at radius 3 is 2.56 bits per heavy atom. The normalized spacial score (nSPS) is 11.2. The highest BCUT2D eigenvalue weighted by Crippen LogP contribution is 2.18. The van der Waals surface area contributed by atoms with Crippen LogP contribution in [0, 0.1) is 10.8 Å². The van der Waals surface area contributed by atoms with Crippen molar-refractivity contribution in [1.82, 2.24) is 10.2 Å². The highest BCUT2D eigenvalue weighted by molar-refractivity contribution is 8.26. The zero-order valence-corrected chi connectivity index (χ0v) is 19.6. The number of nitrogens with zero attached hydrogens (tertiary/aromatic N) is 2. The van der Waals surface area contributed by atoms with E-state index in [1.807, 2.05) is 0 Å². The standard InChI is InChI=1S/C18H25N7O4S3/c19-7-8-29-13-3-1-12(2-4-13)11-15(26)23-18-25-24-16(31-18)6-10-32(27,28)9-5-14(20)30-17(21)22/h1-4,20H,5-11,19H2,(H3,21,22)(H,23,25,26). The summed E-state index contributed by atoms with van der Waals surface area (Å²) in [7, 11) is -3.41. The Bertz CT molecular complexity index is 1040. The summed E-state index contributed by atoms with van der Waals surface area (Å²) in [5.41, 5.74) is 11.4. The van der Waals surface area contributed by atoms with Gasteiger partial charge in [-0.25, -0.2) is 8.42 Å². The van der Waals surface area contributed by atoms with E-state index in [2.05, 4.69) is 15.5 Å². The van der Waals surface area contributed by atoms with Crippen molar-refractivity contribution < 1.29 is 17.9 Å². The second-order valence-corrected chi connectivity index (χ2v) is 11.1. The number of aromatic nitrogens is 2. The summed E-state index contributed by atoms with van der Waals surface area (Å²) in [6.45, 7) is 0.841. The van der Waals surface area contributed by atoms with Crippen molar-refractivity contribution in [3.05, 3.63) is 34.8 Å². The number of ether oxygens (including phenoxy) is 1. The Morgan fingerprint density at radius 2 is 1.91 bits per heavy atom. The highest BCUT2D eigenvalue weighted by atomic mass is 32.2. The molecule has 1 heterocycles. The molecule has 2 rings (SSSR count). The van der Waals surface area contributed by atoms with E-state index in [0.29, 0.717) is 29.0 Å². The minimum Gasteiger partial charge on any atom is -0.492 e. The first-order valence-corrected chi connectivity index (χ1v) is 13.0. The van der Waals surface area contributed by atoms with Crippen LogP contribution in [-0.4, -0.2) is 59.4 Å². The van der Waals surface area contributed by atoms with Gasteiger partial charge >= 0.3 is 0 Å². The maximum Gasteiger partial charge on any atom is 0.230 e. The zero-order valence-electron chi connectivity index (χ0n) is 17.2. The highest BCUT2D eigenvalue weighted by Gasteiger charge is 2.16. The number of sulfone groups is 1. The van der Waals surface area contributed by atoms with Gasteiger partial charge in [-0.15, -0.1) is 10.2 Å². The SMILES string of the molecule is N=C(N)SC(=N)CCS(=O)(=O)CCc1nnc(NC(=O)Cc2ccc(OCCN)cc2)s1. The van der Waals surface area contributed by atoms with Gasteiger partial charge in [0.2, 0.25) is 11.0 Å². The van der Waals surface area contributed by atoms with Crippen molar-refractivity contribution in [2.75, 3.05) is 30.0 Å². The third kappa shape index (κ3) is 9.72. The fraction of sp³-hybridized carbons (Fsp3) is 0.389. The van der Waals surface area contributed by atoms with Gasteiger partial charge in [-0.2, -0.15) is 0 Å². The summed E-state index contributed by atoms with van der Waals surface area (Å²) in [6, 6.07) is 7.11. The Hall–Kier alpha value is -2.55. The minimum absolute atomic E-state index is 0.00410. The van der Waals surface area contributed by atoms with Gasteiger partial charge < -0.3 is 21.5 Å². The molecular weight excluding hydrogens is 474 g/mol. The van der Waals surface area contributed by atoms with Crippen LogP contribution in [-0.2, 0) is 27.5 Å². The number of carbonyl (C=O) groups excluding carboxylic acids is 1. The molecule has 0 aliphatic heterocycles. The molecule has 1 aromatic heterocycles. The molecule has 0 saturated carbocycles. The van der Waals surface area contributed by atoms with E-state index >= 15 is 0 Å². The Morgan fingerprint density at radius 1 is 1.19 bits per heavy atom. The summed E-state index contributed by atoms with van der Waals surface area (Å²) in [4.78, 5) is 12.2. The summed E-state index contributed by atoms with van der Waals surface area (Å²) < 4.78 is 29.7. The van der Waals surface area contributed by atoms with Gasteiger partial charge in [-0.05, 0) is 29.5 Å². The predicted octanol–water partition coefficient (Wildman–Crippen LogP) is 1.01. The number of anilines is 1. The van der Waals surface area contributed by atoms with Gasteiger partial charge in [0.05, 0.1) is 23.0 Å². The molecule has 0 aliphatic rings. The number of rotatable bonds is 12. The van der Waals surface area contributed by atoms with Crippen molar-refractivity contribution in [3.8, 4) is 5.75 Å². The molecule has 14 heteroatoms. The molecule has 0 spiro atoms. The first-order valence-electron chi connectivity index (χ1n) is 9.50. The van der Waals surface area contributed by atoms with Gasteiger partial charge in [-0.1, -0.05) is 23.5 Å². The van der Waals surface area contributed by atoms with Crippen LogP contribution in [0.1, 0.15) is 17.0 Å². The zero-order chi connectivity index (χ0) is 23.6. The van der Waals surface area contributed by atoms with Crippen molar-refractivity contribution in [3.63, 3.8) is 0 Å². The van der Waals surface area contributed by atoms with E-state index in [1.54, 1.807) is 24.3 Å². The molecule has 0 saturated heterocycles. The minimum atomic E-state index is -3.41.